The van der Waals surface area contributed by atoms with E-state index in [1.54, 1.807) is 11.2 Å². The van der Waals surface area contributed by atoms with Crippen LogP contribution in [0.3, 0.4) is 0 Å². The van der Waals surface area contributed by atoms with Gasteiger partial charge in [0.25, 0.3) is 0 Å². The van der Waals surface area contributed by atoms with Crippen LogP contribution in [0, 0.1) is 0 Å². The van der Waals surface area contributed by atoms with Gasteiger partial charge < -0.3 is 4.42 Å². The number of para-hydroxylation sites is 1. The normalized spacial score (nSPS) is 11.2. The molecule has 4 rings (SSSR count). The van der Waals surface area contributed by atoms with Gasteiger partial charge in [0.15, 0.2) is 21.9 Å². The number of carbonyl (C=O) groups is 1. The number of furan rings is 1. The number of amides is 1. The molecular formula is C19H19N5O2S2. The molecular weight excluding hydrogens is 394 g/mol. The summed E-state index contributed by atoms with van der Waals surface area (Å²) in [6, 6.07) is 11.6. The van der Waals surface area contributed by atoms with Crippen molar-refractivity contribution in [3.63, 3.8) is 0 Å². The molecule has 0 fully saturated rings. The lowest BCUT2D eigenvalue weighted by Crippen LogP contribution is -2.32. The highest BCUT2D eigenvalue weighted by Crippen LogP contribution is 2.30. The number of thiazole rings is 1. The number of anilines is 1. The number of carbonyl (C=O) groups excluding carboxylic acids is 1. The molecule has 0 saturated heterocycles. The van der Waals surface area contributed by atoms with Gasteiger partial charge in [-0.15, -0.1) is 10.2 Å². The van der Waals surface area contributed by atoms with Crippen LogP contribution in [-0.4, -0.2) is 38.0 Å². The van der Waals surface area contributed by atoms with Crippen molar-refractivity contribution in [2.24, 2.45) is 0 Å². The van der Waals surface area contributed by atoms with Gasteiger partial charge in [-0.3, -0.25) is 14.3 Å². The van der Waals surface area contributed by atoms with Crippen molar-refractivity contribution in [1.82, 2.24) is 19.7 Å². The van der Waals surface area contributed by atoms with Crippen LogP contribution in [0.2, 0.25) is 0 Å². The van der Waals surface area contributed by atoms with Crippen LogP contribution in [0.1, 0.15) is 13.8 Å². The lowest BCUT2D eigenvalue weighted by molar-refractivity contribution is -0.116. The summed E-state index contributed by atoms with van der Waals surface area (Å²) in [5, 5.41) is 9.88. The van der Waals surface area contributed by atoms with Crippen LogP contribution >= 0.6 is 23.1 Å². The second kappa shape index (κ2) is 8.15. The molecule has 0 aliphatic rings. The Morgan fingerprint density at radius 2 is 2.07 bits per heavy atom. The SMILES string of the molecule is CCN(C(=O)CSc1nnc(-c2ccco2)n1CC)c1nc2ccccc2s1. The zero-order chi connectivity index (χ0) is 19.5. The maximum Gasteiger partial charge on any atom is 0.239 e. The summed E-state index contributed by atoms with van der Waals surface area (Å²) in [6.07, 6.45) is 1.61. The Morgan fingerprint density at radius 1 is 1.21 bits per heavy atom. The third-order valence-electron chi connectivity index (χ3n) is 4.23. The summed E-state index contributed by atoms with van der Waals surface area (Å²) < 4.78 is 8.45. The Morgan fingerprint density at radius 3 is 2.79 bits per heavy atom. The van der Waals surface area contributed by atoms with E-state index in [-0.39, 0.29) is 11.7 Å². The molecule has 0 bridgehead atoms. The second-order valence-electron chi connectivity index (χ2n) is 5.92. The van der Waals surface area contributed by atoms with E-state index in [2.05, 4.69) is 15.2 Å². The molecule has 0 aliphatic carbocycles. The molecule has 0 radical (unpaired) electrons. The van der Waals surface area contributed by atoms with Crippen LogP contribution in [-0.2, 0) is 11.3 Å². The topological polar surface area (TPSA) is 77.0 Å². The lowest BCUT2D eigenvalue weighted by atomic mass is 10.3. The number of fused-ring (bicyclic) bond motifs is 1. The van der Waals surface area contributed by atoms with Crippen molar-refractivity contribution in [3.8, 4) is 11.6 Å². The lowest BCUT2D eigenvalue weighted by Gasteiger charge is -2.17. The van der Waals surface area contributed by atoms with E-state index in [0.717, 1.165) is 15.3 Å². The van der Waals surface area contributed by atoms with Crippen LogP contribution in [0.4, 0.5) is 5.13 Å². The summed E-state index contributed by atoms with van der Waals surface area (Å²) >= 11 is 2.91. The first-order valence-electron chi connectivity index (χ1n) is 8.97. The average molecular weight is 414 g/mol. The van der Waals surface area contributed by atoms with Crippen molar-refractivity contribution < 1.29 is 9.21 Å². The zero-order valence-electron chi connectivity index (χ0n) is 15.5. The number of aromatic nitrogens is 4. The Labute approximate surface area is 170 Å². The van der Waals surface area contributed by atoms with E-state index in [1.165, 1.54) is 23.1 Å². The largest absolute Gasteiger partial charge is 0.461 e. The van der Waals surface area contributed by atoms with Gasteiger partial charge in [-0.1, -0.05) is 35.2 Å². The van der Waals surface area contributed by atoms with Crippen molar-refractivity contribution in [2.45, 2.75) is 25.5 Å². The quantitative estimate of drug-likeness (QED) is 0.420. The molecule has 0 unspecified atom stereocenters. The standard InChI is InChI=1S/C19H19N5O2S2/c1-3-23(18-20-13-8-5-6-10-15(13)28-18)16(25)12-27-19-22-21-17(24(19)4-2)14-9-7-11-26-14/h5-11H,3-4,12H2,1-2H3. The van der Waals surface area contributed by atoms with Gasteiger partial charge in [0.05, 0.1) is 22.2 Å². The maximum absolute atomic E-state index is 12.9. The van der Waals surface area contributed by atoms with E-state index in [1.807, 2.05) is 54.8 Å². The Balaban J connectivity index is 1.50. The van der Waals surface area contributed by atoms with Crippen molar-refractivity contribution in [2.75, 3.05) is 17.2 Å². The van der Waals surface area contributed by atoms with Gasteiger partial charge in [0.1, 0.15) is 0 Å². The summed E-state index contributed by atoms with van der Waals surface area (Å²) in [7, 11) is 0. The highest BCUT2D eigenvalue weighted by molar-refractivity contribution is 7.99. The van der Waals surface area contributed by atoms with Gasteiger partial charge in [0.2, 0.25) is 5.91 Å². The third-order valence-corrected chi connectivity index (χ3v) is 6.24. The van der Waals surface area contributed by atoms with Crippen LogP contribution < -0.4 is 4.90 Å². The summed E-state index contributed by atoms with van der Waals surface area (Å²) in [5.74, 6) is 1.59. The van der Waals surface area contributed by atoms with Gasteiger partial charge in [-0.25, -0.2) is 4.98 Å². The van der Waals surface area contributed by atoms with E-state index in [4.69, 9.17) is 4.42 Å². The number of nitrogens with zero attached hydrogens (tertiary/aromatic N) is 5. The summed E-state index contributed by atoms with van der Waals surface area (Å²) in [4.78, 5) is 19.2. The molecule has 0 aliphatic heterocycles. The smallest absolute Gasteiger partial charge is 0.239 e. The minimum atomic E-state index is -0.00300. The highest BCUT2D eigenvalue weighted by atomic mass is 32.2. The Bertz CT molecular complexity index is 1050. The fourth-order valence-corrected chi connectivity index (χ4v) is 4.79. The number of hydrogen-bond donors (Lipinski definition) is 0. The molecule has 0 atom stereocenters. The predicted molar refractivity (Wildman–Crippen MR) is 112 cm³/mol. The Hall–Kier alpha value is -2.65. The Kier molecular flexibility index (Phi) is 5.45. The molecule has 9 heteroatoms. The molecule has 0 saturated carbocycles. The minimum absolute atomic E-state index is 0.00300. The number of benzene rings is 1. The van der Waals surface area contributed by atoms with E-state index >= 15 is 0 Å². The van der Waals surface area contributed by atoms with Crippen molar-refractivity contribution in [3.05, 3.63) is 42.7 Å². The molecule has 1 aromatic carbocycles. The van der Waals surface area contributed by atoms with Gasteiger partial charge in [0, 0.05) is 13.1 Å². The first-order valence-corrected chi connectivity index (χ1v) is 10.8. The monoisotopic (exact) mass is 413 g/mol. The minimum Gasteiger partial charge on any atom is -0.461 e. The van der Waals surface area contributed by atoms with Crippen molar-refractivity contribution in [1.29, 1.82) is 0 Å². The van der Waals surface area contributed by atoms with E-state index in [9.17, 15) is 4.79 Å². The van der Waals surface area contributed by atoms with E-state index in [0.29, 0.717) is 29.8 Å². The molecule has 7 nitrogen and oxygen atoms in total. The first kappa shape index (κ1) is 18.7. The number of thioether (sulfide) groups is 1. The molecule has 28 heavy (non-hydrogen) atoms. The maximum atomic E-state index is 12.9. The fraction of sp³-hybridized carbons (Fsp3) is 0.263. The van der Waals surface area contributed by atoms with Gasteiger partial charge in [-0.2, -0.15) is 0 Å². The van der Waals surface area contributed by atoms with Crippen LogP contribution in [0.15, 0.2) is 52.2 Å². The molecule has 4 aromatic rings. The van der Waals surface area contributed by atoms with Gasteiger partial charge in [-0.05, 0) is 38.1 Å². The van der Waals surface area contributed by atoms with Crippen LogP contribution in [0.25, 0.3) is 21.8 Å². The van der Waals surface area contributed by atoms with Crippen LogP contribution in [0.5, 0.6) is 0 Å². The van der Waals surface area contributed by atoms with Gasteiger partial charge >= 0.3 is 0 Å². The second-order valence-corrected chi connectivity index (χ2v) is 7.87. The fourth-order valence-electron chi connectivity index (χ4n) is 2.87. The molecule has 0 N–H and O–H groups in total. The summed E-state index contributed by atoms with van der Waals surface area (Å²) in [6.45, 7) is 5.23. The molecule has 3 heterocycles. The number of hydrogen-bond acceptors (Lipinski definition) is 7. The molecule has 1 amide bonds. The first-order chi connectivity index (χ1) is 13.7. The molecule has 3 aromatic heterocycles. The van der Waals surface area contributed by atoms with Crippen molar-refractivity contribution >= 4 is 44.4 Å². The predicted octanol–water partition coefficient (Wildman–Crippen LogP) is 4.31. The summed E-state index contributed by atoms with van der Waals surface area (Å²) in [5.41, 5.74) is 0.912. The molecule has 144 valence electrons. The zero-order valence-corrected chi connectivity index (χ0v) is 17.2. The number of rotatable bonds is 7. The average Bonchev–Trinajstić information content (AvgIpc) is 3.44. The third kappa shape index (κ3) is 3.55. The molecule has 0 spiro atoms. The highest BCUT2D eigenvalue weighted by Gasteiger charge is 2.21. The van der Waals surface area contributed by atoms with E-state index < -0.39 is 0 Å².